The van der Waals surface area contributed by atoms with E-state index in [0.717, 1.165) is 48.7 Å². The van der Waals surface area contributed by atoms with E-state index < -0.39 is 11.9 Å². The van der Waals surface area contributed by atoms with Crippen molar-refractivity contribution in [2.75, 3.05) is 26.2 Å². The Morgan fingerprint density at radius 1 is 0.971 bits per heavy atom. The van der Waals surface area contributed by atoms with E-state index in [-0.39, 0.29) is 11.7 Å². The molecule has 0 spiro atoms. The zero-order valence-electron chi connectivity index (χ0n) is 18.6. The van der Waals surface area contributed by atoms with Crippen molar-refractivity contribution in [3.8, 4) is 0 Å². The Hall–Kier alpha value is -3.01. The molecule has 2 aromatic rings. The number of halogens is 2. The van der Waals surface area contributed by atoms with E-state index in [1.807, 2.05) is 24.3 Å². The lowest BCUT2D eigenvalue weighted by atomic mass is 9.98. The van der Waals surface area contributed by atoms with Crippen LogP contribution >= 0.6 is 11.6 Å². The molecule has 34 heavy (non-hydrogen) atoms. The normalized spacial score (nSPS) is 14.1. The number of carboxylic acid groups (broad SMARTS) is 2. The second kappa shape index (κ2) is 14.3. The van der Waals surface area contributed by atoms with Crippen molar-refractivity contribution in [1.29, 1.82) is 0 Å². The fraction of sp³-hybridized carbons (Fsp3) is 0.375. The van der Waals surface area contributed by atoms with Crippen LogP contribution in [-0.4, -0.2) is 59.2 Å². The number of hydrogen-bond acceptors (Lipinski definition) is 5. The van der Waals surface area contributed by atoms with Gasteiger partial charge in [-0.1, -0.05) is 35.9 Å². The molecule has 1 fully saturated rings. The van der Waals surface area contributed by atoms with Gasteiger partial charge in [0, 0.05) is 18.2 Å². The van der Waals surface area contributed by atoms with E-state index in [1.165, 1.54) is 12.1 Å². The summed E-state index contributed by atoms with van der Waals surface area (Å²) in [7, 11) is 0. The molecule has 0 unspecified atom stereocenters. The summed E-state index contributed by atoms with van der Waals surface area (Å²) < 4.78 is 18.7. The number of nitrogens with one attached hydrogen (secondary N) is 1. The SMILES string of the molecule is O=C(CN1CCC(COCc2ccc(Cl)cc2)CC1)NCc1ccc(F)cc1.O=C(O)C(=O)O. The third-order valence-corrected chi connectivity index (χ3v) is 5.45. The number of benzene rings is 2. The van der Waals surface area contributed by atoms with Gasteiger partial charge < -0.3 is 20.3 Å². The number of carboxylic acids is 2. The Morgan fingerprint density at radius 3 is 2.09 bits per heavy atom. The summed E-state index contributed by atoms with van der Waals surface area (Å²) in [6.07, 6.45) is 2.07. The number of carbonyl (C=O) groups excluding carboxylic acids is 1. The van der Waals surface area contributed by atoms with Gasteiger partial charge in [-0.15, -0.1) is 0 Å². The Bertz CT molecular complexity index is 919. The van der Waals surface area contributed by atoms with Gasteiger partial charge in [0.15, 0.2) is 0 Å². The molecule has 1 heterocycles. The minimum absolute atomic E-state index is 0.00163. The number of aliphatic carboxylic acids is 2. The maximum absolute atomic E-state index is 12.9. The van der Waals surface area contributed by atoms with Crippen LogP contribution in [0.4, 0.5) is 4.39 Å². The number of amides is 1. The van der Waals surface area contributed by atoms with Crippen molar-refractivity contribution in [2.24, 2.45) is 5.92 Å². The summed E-state index contributed by atoms with van der Waals surface area (Å²) in [5.74, 6) is -3.38. The second-order valence-corrected chi connectivity index (χ2v) is 8.31. The zero-order valence-corrected chi connectivity index (χ0v) is 19.3. The smallest absolute Gasteiger partial charge is 0.414 e. The molecule has 1 amide bonds. The Kier molecular flexibility index (Phi) is 11.5. The van der Waals surface area contributed by atoms with Crippen LogP contribution in [0.15, 0.2) is 48.5 Å². The highest BCUT2D eigenvalue weighted by Gasteiger charge is 2.21. The van der Waals surface area contributed by atoms with Crippen LogP contribution in [-0.2, 0) is 32.3 Å². The molecular weight excluding hydrogens is 467 g/mol. The molecule has 0 aromatic heterocycles. The second-order valence-electron chi connectivity index (χ2n) is 7.87. The average Bonchev–Trinajstić information content (AvgIpc) is 2.81. The van der Waals surface area contributed by atoms with Gasteiger partial charge in [0.1, 0.15) is 5.82 Å². The number of piperidine rings is 1. The lowest BCUT2D eigenvalue weighted by Crippen LogP contribution is -2.42. The third kappa shape index (κ3) is 10.7. The molecule has 0 bridgehead atoms. The first-order valence-electron chi connectivity index (χ1n) is 10.7. The van der Waals surface area contributed by atoms with Gasteiger partial charge in [-0.05, 0) is 67.2 Å². The molecule has 1 saturated heterocycles. The molecule has 10 heteroatoms. The van der Waals surface area contributed by atoms with Gasteiger partial charge in [-0.2, -0.15) is 0 Å². The van der Waals surface area contributed by atoms with Crippen molar-refractivity contribution in [2.45, 2.75) is 26.0 Å². The van der Waals surface area contributed by atoms with Gasteiger partial charge in [0.05, 0.1) is 13.2 Å². The summed E-state index contributed by atoms with van der Waals surface area (Å²) in [5.41, 5.74) is 2.02. The number of ether oxygens (including phenoxy) is 1. The van der Waals surface area contributed by atoms with Crippen molar-refractivity contribution in [3.63, 3.8) is 0 Å². The largest absolute Gasteiger partial charge is 0.473 e. The summed E-state index contributed by atoms with van der Waals surface area (Å²) in [6, 6.07) is 13.9. The molecule has 184 valence electrons. The maximum Gasteiger partial charge on any atom is 0.414 e. The van der Waals surface area contributed by atoms with E-state index in [0.29, 0.717) is 25.6 Å². The minimum Gasteiger partial charge on any atom is -0.473 e. The Morgan fingerprint density at radius 2 is 1.53 bits per heavy atom. The van der Waals surface area contributed by atoms with Crippen molar-refractivity contribution < 1.29 is 33.7 Å². The minimum atomic E-state index is -1.82. The molecule has 0 atom stereocenters. The van der Waals surface area contributed by atoms with Crippen molar-refractivity contribution in [3.05, 3.63) is 70.5 Å². The highest BCUT2D eigenvalue weighted by molar-refractivity contribution is 6.30. The van der Waals surface area contributed by atoms with Gasteiger partial charge in [-0.25, -0.2) is 14.0 Å². The zero-order chi connectivity index (χ0) is 24.9. The highest BCUT2D eigenvalue weighted by atomic mass is 35.5. The first-order valence-corrected chi connectivity index (χ1v) is 11.1. The molecular formula is C24H28ClFN2O6. The predicted octanol–water partition coefficient (Wildman–Crippen LogP) is 3.18. The average molecular weight is 495 g/mol. The van der Waals surface area contributed by atoms with Crippen LogP contribution in [0.25, 0.3) is 0 Å². The third-order valence-electron chi connectivity index (χ3n) is 5.20. The Labute approximate surface area is 202 Å². The van der Waals surface area contributed by atoms with Gasteiger partial charge in [-0.3, -0.25) is 9.69 Å². The van der Waals surface area contributed by atoms with E-state index in [9.17, 15) is 9.18 Å². The Balaban J connectivity index is 0.000000604. The number of carbonyl (C=O) groups is 3. The van der Waals surface area contributed by atoms with E-state index >= 15 is 0 Å². The first-order chi connectivity index (χ1) is 16.2. The fourth-order valence-electron chi connectivity index (χ4n) is 3.30. The monoisotopic (exact) mass is 494 g/mol. The number of rotatable bonds is 8. The van der Waals surface area contributed by atoms with Gasteiger partial charge in [0.2, 0.25) is 5.91 Å². The lowest BCUT2D eigenvalue weighted by molar-refractivity contribution is -0.159. The highest BCUT2D eigenvalue weighted by Crippen LogP contribution is 2.18. The van der Waals surface area contributed by atoms with Crippen LogP contribution in [0, 0.1) is 11.7 Å². The molecule has 0 saturated carbocycles. The molecule has 3 N–H and O–H groups in total. The van der Waals surface area contributed by atoms with Crippen LogP contribution in [0.5, 0.6) is 0 Å². The van der Waals surface area contributed by atoms with Crippen LogP contribution in [0.1, 0.15) is 24.0 Å². The van der Waals surface area contributed by atoms with E-state index in [2.05, 4.69) is 10.2 Å². The van der Waals surface area contributed by atoms with Crippen LogP contribution < -0.4 is 5.32 Å². The van der Waals surface area contributed by atoms with Crippen molar-refractivity contribution >= 4 is 29.4 Å². The molecule has 1 aliphatic rings. The lowest BCUT2D eigenvalue weighted by Gasteiger charge is -2.31. The van der Waals surface area contributed by atoms with E-state index in [1.54, 1.807) is 12.1 Å². The molecule has 0 radical (unpaired) electrons. The maximum atomic E-state index is 12.9. The summed E-state index contributed by atoms with van der Waals surface area (Å²) in [6.45, 7) is 3.97. The van der Waals surface area contributed by atoms with Crippen LogP contribution in [0.3, 0.4) is 0 Å². The molecule has 8 nitrogen and oxygen atoms in total. The van der Waals surface area contributed by atoms with Gasteiger partial charge >= 0.3 is 11.9 Å². The first kappa shape index (κ1) is 27.2. The summed E-state index contributed by atoms with van der Waals surface area (Å²) in [5, 5.41) is 18.4. The molecule has 0 aliphatic carbocycles. The van der Waals surface area contributed by atoms with Crippen LogP contribution in [0.2, 0.25) is 5.02 Å². The number of hydrogen-bond donors (Lipinski definition) is 3. The predicted molar refractivity (Wildman–Crippen MR) is 124 cm³/mol. The molecule has 2 aromatic carbocycles. The quantitative estimate of drug-likeness (QED) is 0.482. The van der Waals surface area contributed by atoms with E-state index in [4.69, 9.17) is 36.1 Å². The number of likely N-dealkylation sites (tertiary alicyclic amines) is 1. The molecule has 3 rings (SSSR count). The van der Waals surface area contributed by atoms with Gasteiger partial charge in [0.25, 0.3) is 0 Å². The number of nitrogens with zero attached hydrogens (tertiary/aromatic N) is 1. The standard InChI is InChI=1S/C22H26ClFN2O2.C2H2O4/c23-20-5-1-18(2-6-20)15-28-16-19-9-11-26(12-10-19)14-22(27)25-13-17-3-7-21(24)8-4-17;3-1(4)2(5)6/h1-8,19H,9-16H2,(H,25,27);(H,3,4)(H,5,6). The summed E-state index contributed by atoms with van der Waals surface area (Å²) >= 11 is 5.89. The summed E-state index contributed by atoms with van der Waals surface area (Å²) in [4.78, 5) is 32.5. The molecule has 1 aliphatic heterocycles. The fourth-order valence-corrected chi connectivity index (χ4v) is 3.42. The van der Waals surface area contributed by atoms with Crippen molar-refractivity contribution in [1.82, 2.24) is 10.2 Å². The topological polar surface area (TPSA) is 116 Å².